The highest BCUT2D eigenvalue weighted by molar-refractivity contribution is 5.98. The van der Waals surface area contributed by atoms with Crippen LogP contribution in [0, 0.1) is 0 Å². The van der Waals surface area contributed by atoms with Gasteiger partial charge in [-0.1, -0.05) is 95.2 Å². The molecule has 10 nitrogen and oxygen atoms in total. The second kappa shape index (κ2) is 20.3. The highest BCUT2D eigenvalue weighted by atomic mass is 16.5. The van der Waals surface area contributed by atoms with Crippen LogP contribution in [-0.2, 0) is 85.0 Å². The van der Waals surface area contributed by atoms with Crippen LogP contribution >= 0.6 is 0 Å². The molecule has 0 aromatic carbocycles. The Bertz CT molecular complexity index is 2580. The molecule has 3 aliphatic carbocycles. The normalized spacial score (nSPS) is 14.9. The molecule has 0 fully saturated rings. The molecule has 350 valence electrons. The van der Waals surface area contributed by atoms with Gasteiger partial charge in [0.1, 0.15) is 12.4 Å². The number of ether oxygens (including phenoxy) is 1. The topological polar surface area (TPSA) is 130 Å². The lowest BCUT2D eigenvalue weighted by Crippen LogP contribution is -2.23. The first-order valence-corrected chi connectivity index (χ1v) is 23.1. The molecule has 0 spiro atoms. The van der Waals surface area contributed by atoms with Crippen LogP contribution in [-0.4, -0.2) is 47.3 Å². The van der Waals surface area contributed by atoms with Crippen LogP contribution in [0.25, 0.3) is 12.2 Å². The summed E-state index contributed by atoms with van der Waals surface area (Å²) in [6, 6.07) is 10.2. The van der Waals surface area contributed by atoms with Crippen molar-refractivity contribution in [2.75, 3.05) is 0 Å². The van der Waals surface area contributed by atoms with E-state index in [-0.39, 0.29) is 39.0 Å². The fourth-order valence-electron chi connectivity index (χ4n) is 8.30. The number of allylic oxidation sites excluding steroid dienone is 2. The first-order chi connectivity index (χ1) is 30.6. The second-order valence-corrected chi connectivity index (χ2v) is 22.4. The Morgan fingerprint density at radius 1 is 0.500 bits per heavy atom. The molecule has 9 rings (SSSR count). The average Bonchev–Trinajstić information content (AvgIpc) is 4.01. The predicted molar refractivity (Wildman–Crippen MR) is 265 cm³/mol. The molecule has 66 heavy (non-hydrogen) atoms. The highest BCUT2D eigenvalue weighted by Crippen LogP contribution is 2.33. The summed E-state index contributed by atoms with van der Waals surface area (Å²) in [5.74, 6) is 0.256. The molecule has 5 aromatic heterocycles. The number of rotatable bonds is 0. The van der Waals surface area contributed by atoms with Gasteiger partial charge in [0, 0.05) is 67.6 Å². The van der Waals surface area contributed by atoms with Crippen molar-refractivity contribution in [1.29, 1.82) is 0 Å². The minimum absolute atomic E-state index is 0.0662. The zero-order valence-corrected chi connectivity index (χ0v) is 42.2. The first kappa shape index (κ1) is 51.1. The number of aromatic nitrogens is 6. The van der Waals surface area contributed by atoms with Crippen molar-refractivity contribution in [3.05, 3.63) is 147 Å². The summed E-state index contributed by atoms with van der Waals surface area (Å²) >= 11 is 0. The minimum Gasteiger partial charge on any atom is -0.460 e. The van der Waals surface area contributed by atoms with Crippen LogP contribution in [0.15, 0.2) is 79.7 Å². The summed E-state index contributed by atoms with van der Waals surface area (Å²) in [4.78, 5) is 50.9. The molecule has 0 atom stereocenters. The van der Waals surface area contributed by atoms with Crippen molar-refractivity contribution in [2.24, 2.45) is 0 Å². The van der Waals surface area contributed by atoms with E-state index >= 15 is 0 Å². The van der Waals surface area contributed by atoms with E-state index in [1.54, 1.807) is 24.7 Å². The van der Waals surface area contributed by atoms with E-state index in [0.717, 1.165) is 34.6 Å². The maximum Gasteiger partial charge on any atom is 0.312 e. The van der Waals surface area contributed by atoms with Crippen molar-refractivity contribution >= 4 is 29.7 Å². The van der Waals surface area contributed by atoms with Crippen molar-refractivity contribution < 1.29 is 19.1 Å². The Kier molecular flexibility index (Phi) is 15.7. The van der Waals surface area contributed by atoms with Gasteiger partial charge < -0.3 is 4.74 Å². The molecule has 1 aliphatic heterocycles. The van der Waals surface area contributed by atoms with Crippen LogP contribution in [0.4, 0.5) is 0 Å². The molecule has 6 heterocycles. The van der Waals surface area contributed by atoms with Crippen LogP contribution < -0.4 is 0 Å². The number of fused-ring (bicyclic) bond motifs is 4. The Balaban J connectivity index is 0.000000156. The lowest BCUT2D eigenvalue weighted by Gasteiger charge is -2.26. The molecule has 0 saturated heterocycles. The van der Waals surface area contributed by atoms with Gasteiger partial charge in [-0.2, -0.15) is 5.10 Å². The van der Waals surface area contributed by atoms with Gasteiger partial charge in [0.05, 0.1) is 41.2 Å². The smallest absolute Gasteiger partial charge is 0.312 e. The first-order valence-electron chi connectivity index (χ1n) is 23.1. The number of ketones is 2. The van der Waals surface area contributed by atoms with Crippen LogP contribution in [0.3, 0.4) is 0 Å². The minimum atomic E-state index is -0.180. The summed E-state index contributed by atoms with van der Waals surface area (Å²) in [5, 5.41) is 4.10. The number of carbonyl (C=O) groups is 3. The summed E-state index contributed by atoms with van der Waals surface area (Å²) < 4.78 is 7.00. The molecule has 4 aliphatic rings. The number of carbonyl (C=O) groups excluding carboxylic acids is 3. The van der Waals surface area contributed by atoms with Gasteiger partial charge >= 0.3 is 5.97 Å². The Morgan fingerprint density at radius 2 is 0.985 bits per heavy atom. The largest absolute Gasteiger partial charge is 0.460 e. The standard InChI is InChI=1S/C13H15NO.C12H15NO2.C12H15NO.C12H15N.C7H12N2/c1-13(2,3)11-6-7-14-12-8-9(15)4-5-10(11)12;1-12(2,3)9-4-5-13-10-6-11(14)15-7-8(9)10;1-12(2,3)10-4-5-13-11-7-8(14)6-9(10)11;1-12(2,3)10-7-8-13-11-6-4-5-9(10)11;1-7(2,3)9-6-4-5-8-9/h4-7H,8H2,1-3H3;4-5H,6-7H2,1-3H3;4-5H,6-7H2,1-3H3;4-5,7-8H,6H2,1-3H3;4-6H,1-3H3. The van der Waals surface area contributed by atoms with Gasteiger partial charge in [0.2, 0.25) is 0 Å². The van der Waals surface area contributed by atoms with E-state index in [9.17, 15) is 14.4 Å². The van der Waals surface area contributed by atoms with Crippen LogP contribution in [0.1, 0.15) is 171 Å². The van der Waals surface area contributed by atoms with Gasteiger partial charge in [0.25, 0.3) is 0 Å². The molecule has 0 amide bonds. The quantitative estimate of drug-likeness (QED) is 0.139. The Labute approximate surface area is 393 Å². The number of hydrogen-bond donors (Lipinski definition) is 0. The average molecular weight is 893 g/mol. The van der Waals surface area contributed by atoms with Gasteiger partial charge in [-0.25, -0.2) is 0 Å². The molecule has 0 N–H and O–H groups in total. The maximum absolute atomic E-state index is 11.3. The number of pyridine rings is 4. The van der Waals surface area contributed by atoms with E-state index in [2.05, 4.69) is 147 Å². The number of nitrogens with zero attached hydrogens (tertiary/aromatic N) is 6. The van der Waals surface area contributed by atoms with E-state index in [4.69, 9.17) is 4.74 Å². The van der Waals surface area contributed by atoms with E-state index in [1.165, 1.54) is 39.1 Å². The zero-order chi connectivity index (χ0) is 48.8. The number of cyclic esters (lactones) is 1. The Morgan fingerprint density at radius 3 is 1.48 bits per heavy atom. The monoisotopic (exact) mass is 893 g/mol. The molecule has 5 aromatic rings. The van der Waals surface area contributed by atoms with Gasteiger partial charge in [-0.15, -0.1) is 0 Å². The molecule has 10 heteroatoms. The third kappa shape index (κ3) is 13.4. The molecule has 0 bridgehead atoms. The van der Waals surface area contributed by atoms with Crippen LogP contribution in [0.5, 0.6) is 0 Å². The van der Waals surface area contributed by atoms with E-state index in [0.29, 0.717) is 38.1 Å². The molecular formula is C56H72N6O4. The molecular weight excluding hydrogens is 821 g/mol. The maximum atomic E-state index is 11.3. The van der Waals surface area contributed by atoms with Gasteiger partial charge in [-0.05, 0) is 118 Å². The number of hydrogen-bond acceptors (Lipinski definition) is 9. The zero-order valence-electron chi connectivity index (χ0n) is 42.2. The fraction of sp³-hybridized carbons (Fsp3) is 0.464. The number of Topliss-reactive ketones (excluding diaryl/α,β-unsaturated/α-hetero) is 1. The summed E-state index contributed by atoms with van der Waals surface area (Å²) in [6.45, 7) is 33.0. The van der Waals surface area contributed by atoms with E-state index in [1.807, 2.05) is 53.6 Å². The van der Waals surface area contributed by atoms with Crippen molar-refractivity contribution in [1.82, 2.24) is 29.7 Å². The summed E-state index contributed by atoms with van der Waals surface area (Å²) in [7, 11) is 0. The van der Waals surface area contributed by atoms with Crippen molar-refractivity contribution in [2.45, 2.75) is 170 Å². The fourth-order valence-corrected chi connectivity index (χ4v) is 8.30. The van der Waals surface area contributed by atoms with E-state index < -0.39 is 0 Å². The Hall–Kier alpha value is -5.90. The van der Waals surface area contributed by atoms with Gasteiger partial charge in [0.15, 0.2) is 5.78 Å². The lowest BCUT2D eigenvalue weighted by molar-refractivity contribution is -0.145. The molecule has 0 radical (unpaired) electrons. The third-order valence-corrected chi connectivity index (χ3v) is 11.7. The summed E-state index contributed by atoms with van der Waals surface area (Å²) in [5.41, 5.74) is 14.5. The summed E-state index contributed by atoms with van der Waals surface area (Å²) in [6.07, 6.45) is 21.9. The van der Waals surface area contributed by atoms with Gasteiger partial charge in [-0.3, -0.25) is 39.0 Å². The SMILES string of the molecule is CC(C)(C)c1ccnc2c1C=CC(=O)C2.CC(C)(C)c1ccnc2c1C=CC2.CC(C)(C)c1ccnc2c1CC(=O)C2.CC(C)(C)c1ccnc2c1COC(=O)C2.CC(C)(C)n1cccn1. The number of esters is 1. The highest BCUT2D eigenvalue weighted by Gasteiger charge is 2.28. The van der Waals surface area contributed by atoms with Crippen molar-refractivity contribution in [3.8, 4) is 0 Å². The van der Waals surface area contributed by atoms with Crippen molar-refractivity contribution in [3.63, 3.8) is 0 Å². The lowest BCUT2D eigenvalue weighted by atomic mass is 9.82. The van der Waals surface area contributed by atoms with Crippen LogP contribution in [0.2, 0.25) is 0 Å². The predicted octanol–water partition coefficient (Wildman–Crippen LogP) is 11.1. The molecule has 0 unspecified atom stereocenters. The second-order valence-electron chi connectivity index (χ2n) is 22.4. The third-order valence-electron chi connectivity index (χ3n) is 11.7. The molecule has 0 saturated carbocycles.